The number of anilines is 6. The van der Waals surface area contributed by atoms with Crippen molar-refractivity contribution >= 4 is 78.0 Å². The molecule has 12 rings (SSSR count). The highest BCUT2D eigenvalue weighted by Gasteiger charge is 2.19. The lowest BCUT2D eigenvalue weighted by molar-refractivity contribution is 0.669. The molecule has 0 spiro atoms. The third kappa shape index (κ3) is 6.88. The molecule has 0 aliphatic carbocycles. The van der Waals surface area contributed by atoms with Crippen LogP contribution in [0.3, 0.4) is 0 Å². The molecule has 0 aliphatic rings. The van der Waals surface area contributed by atoms with Crippen LogP contribution in [0.5, 0.6) is 0 Å². The van der Waals surface area contributed by atoms with E-state index in [0.29, 0.717) is 0 Å². The highest BCUT2D eigenvalue weighted by Crippen LogP contribution is 2.43. The van der Waals surface area contributed by atoms with Crippen LogP contribution in [0.25, 0.3) is 77.3 Å². The fraction of sp³-hybridized carbons (Fsp3) is 0.0323. The Morgan fingerprint density at radius 3 is 1.29 bits per heavy atom. The largest absolute Gasteiger partial charge is 0.456 e. The molecule has 0 saturated heterocycles. The highest BCUT2D eigenvalue weighted by atomic mass is 16.3. The molecular formula is C62H44N2O2. The fourth-order valence-corrected chi connectivity index (χ4v) is 9.70. The molecule has 0 unspecified atom stereocenters. The van der Waals surface area contributed by atoms with Crippen LogP contribution in [0, 0.1) is 13.8 Å². The van der Waals surface area contributed by atoms with Crippen molar-refractivity contribution in [2.45, 2.75) is 13.8 Å². The number of para-hydroxylation sites is 5. The second-order valence-corrected chi connectivity index (χ2v) is 17.0. The van der Waals surface area contributed by atoms with Gasteiger partial charge in [0.05, 0.1) is 0 Å². The average molecular weight is 849 g/mol. The Bertz CT molecular complexity index is 3680. The van der Waals surface area contributed by atoms with Crippen LogP contribution in [0.2, 0.25) is 0 Å². The second kappa shape index (κ2) is 16.2. The Morgan fingerprint density at radius 1 is 0.273 bits per heavy atom. The van der Waals surface area contributed by atoms with Crippen LogP contribution in [-0.4, -0.2) is 0 Å². The van der Waals surface area contributed by atoms with Gasteiger partial charge in [0.25, 0.3) is 0 Å². The van der Waals surface area contributed by atoms with Crippen molar-refractivity contribution in [1.29, 1.82) is 0 Å². The zero-order chi connectivity index (χ0) is 44.1. The van der Waals surface area contributed by atoms with Crippen molar-refractivity contribution in [2.24, 2.45) is 0 Å². The summed E-state index contributed by atoms with van der Waals surface area (Å²) in [5, 5.41) is 4.52. The fourth-order valence-electron chi connectivity index (χ4n) is 9.70. The summed E-state index contributed by atoms with van der Waals surface area (Å²) in [4.78, 5) is 4.66. The van der Waals surface area contributed by atoms with Crippen molar-refractivity contribution in [1.82, 2.24) is 0 Å². The van der Waals surface area contributed by atoms with Gasteiger partial charge in [-0.2, -0.15) is 0 Å². The summed E-state index contributed by atoms with van der Waals surface area (Å²) >= 11 is 0. The summed E-state index contributed by atoms with van der Waals surface area (Å²) in [5.74, 6) is 0. The third-order valence-electron chi connectivity index (χ3n) is 12.9. The van der Waals surface area contributed by atoms with E-state index < -0.39 is 0 Å². The SMILES string of the molecule is Cc1cc(N(c2ccccc2)c2ccccc2)ccc1-c1ccc(N(c2ccc(-c3ccc4c(c3)oc3ccccc34)cc2)c2ccc(-c3cccc4c3oc3ccccc34)cc2)cc1C. The van der Waals surface area contributed by atoms with Gasteiger partial charge in [-0.05, 0) is 150 Å². The van der Waals surface area contributed by atoms with E-state index in [1.165, 1.54) is 22.3 Å². The molecule has 0 aliphatic heterocycles. The van der Waals surface area contributed by atoms with Crippen LogP contribution in [0.1, 0.15) is 11.1 Å². The minimum absolute atomic E-state index is 0.892. The van der Waals surface area contributed by atoms with Crippen LogP contribution >= 0.6 is 0 Å². The van der Waals surface area contributed by atoms with Crippen LogP contribution in [0.4, 0.5) is 34.1 Å². The monoisotopic (exact) mass is 848 g/mol. The Hall–Kier alpha value is -8.60. The molecule has 0 bridgehead atoms. The van der Waals surface area contributed by atoms with E-state index in [2.05, 4.69) is 230 Å². The van der Waals surface area contributed by atoms with Crippen LogP contribution < -0.4 is 9.80 Å². The molecule has 2 heterocycles. The van der Waals surface area contributed by atoms with Crippen LogP contribution in [0.15, 0.2) is 239 Å². The van der Waals surface area contributed by atoms with Crippen molar-refractivity contribution in [3.8, 4) is 33.4 Å². The van der Waals surface area contributed by atoms with Crippen molar-refractivity contribution < 1.29 is 8.83 Å². The molecule has 4 nitrogen and oxygen atoms in total. The van der Waals surface area contributed by atoms with E-state index in [4.69, 9.17) is 8.83 Å². The normalized spacial score (nSPS) is 11.5. The maximum Gasteiger partial charge on any atom is 0.143 e. The van der Waals surface area contributed by atoms with E-state index in [9.17, 15) is 0 Å². The first-order chi connectivity index (χ1) is 32.5. The van der Waals surface area contributed by atoms with Gasteiger partial charge in [-0.25, -0.2) is 0 Å². The Kier molecular flexibility index (Phi) is 9.57. The molecule has 0 atom stereocenters. The highest BCUT2D eigenvalue weighted by molar-refractivity contribution is 6.10. The smallest absolute Gasteiger partial charge is 0.143 e. The lowest BCUT2D eigenvalue weighted by atomic mass is 9.95. The van der Waals surface area contributed by atoms with Crippen molar-refractivity contribution in [2.75, 3.05) is 9.80 Å². The summed E-state index contributed by atoms with van der Waals surface area (Å²) in [6, 6.07) is 81.9. The second-order valence-electron chi connectivity index (χ2n) is 17.0. The Balaban J connectivity index is 0.918. The number of fused-ring (bicyclic) bond motifs is 6. The molecule has 314 valence electrons. The summed E-state index contributed by atoms with van der Waals surface area (Å²) in [5.41, 5.74) is 19.4. The topological polar surface area (TPSA) is 32.8 Å². The molecule has 2 aromatic heterocycles. The maximum atomic E-state index is 6.45. The zero-order valence-electron chi connectivity index (χ0n) is 36.7. The van der Waals surface area contributed by atoms with E-state index in [0.717, 1.165) is 100 Å². The minimum Gasteiger partial charge on any atom is -0.456 e. The molecule has 10 aromatic carbocycles. The minimum atomic E-state index is 0.892. The van der Waals surface area contributed by atoms with E-state index in [-0.39, 0.29) is 0 Å². The van der Waals surface area contributed by atoms with Gasteiger partial charge in [0.2, 0.25) is 0 Å². The van der Waals surface area contributed by atoms with Gasteiger partial charge in [-0.15, -0.1) is 0 Å². The predicted octanol–water partition coefficient (Wildman–Crippen LogP) is 18.0. The Morgan fingerprint density at radius 2 is 0.712 bits per heavy atom. The van der Waals surface area contributed by atoms with E-state index in [1.54, 1.807) is 0 Å². The first kappa shape index (κ1) is 39.0. The van der Waals surface area contributed by atoms with E-state index >= 15 is 0 Å². The lowest BCUT2D eigenvalue weighted by Gasteiger charge is -2.27. The van der Waals surface area contributed by atoms with Gasteiger partial charge in [-0.1, -0.05) is 133 Å². The molecule has 0 radical (unpaired) electrons. The first-order valence-electron chi connectivity index (χ1n) is 22.5. The van der Waals surface area contributed by atoms with Crippen molar-refractivity contribution in [3.63, 3.8) is 0 Å². The van der Waals surface area contributed by atoms with Gasteiger partial charge in [-0.3, -0.25) is 0 Å². The molecular weight excluding hydrogens is 805 g/mol. The van der Waals surface area contributed by atoms with Crippen molar-refractivity contribution in [3.05, 3.63) is 242 Å². The maximum absolute atomic E-state index is 6.45. The third-order valence-corrected chi connectivity index (χ3v) is 12.9. The molecule has 4 heteroatoms. The molecule has 0 N–H and O–H groups in total. The molecule has 66 heavy (non-hydrogen) atoms. The van der Waals surface area contributed by atoms with Gasteiger partial charge in [0, 0.05) is 61.2 Å². The molecule has 0 fully saturated rings. The molecule has 12 aromatic rings. The lowest BCUT2D eigenvalue weighted by Crippen LogP contribution is -2.10. The van der Waals surface area contributed by atoms with Gasteiger partial charge >= 0.3 is 0 Å². The number of furan rings is 2. The Labute approximate surface area is 383 Å². The number of nitrogens with zero attached hydrogens (tertiary/aromatic N) is 2. The number of hydrogen-bond donors (Lipinski definition) is 0. The number of benzene rings is 10. The summed E-state index contributed by atoms with van der Waals surface area (Å²) in [6.45, 7) is 4.44. The number of aryl methyl sites for hydroxylation is 2. The van der Waals surface area contributed by atoms with Gasteiger partial charge in [0.15, 0.2) is 0 Å². The van der Waals surface area contributed by atoms with Gasteiger partial charge in [0.1, 0.15) is 22.3 Å². The van der Waals surface area contributed by atoms with E-state index in [1.807, 2.05) is 24.3 Å². The quantitative estimate of drug-likeness (QED) is 0.145. The predicted molar refractivity (Wildman–Crippen MR) is 276 cm³/mol. The number of rotatable bonds is 9. The summed E-state index contributed by atoms with van der Waals surface area (Å²) < 4.78 is 12.7. The zero-order valence-corrected chi connectivity index (χ0v) is 36.7. The molecule has 0 amide bonds. The van der Waals surface area contributed by atoms with Gasteiger partial charge < -0.3 is 18.6 Å². The summed E-state index contributed by atoms with van der Waals surface area (Å²) in [6.07, 6.45) is 0. The van der Waals surface area contributed by atoms with Crippen LogP contribution in [-0.2, 0) is 0 Å². The number of hydrogen-bond acceptors (Lipinski definition) is 4. The standard InChI is InChI=1S/C62H44N2O2/c1-41-38-50(63(46-14-5-3-6-15-46)47-16-7-4-8-17-47)33-36-52(41)53-37-34-51(39-42(53)2)64(48-29-24-43(25-30-48)45-28-35-57-55-18-9-11-22-59(55)65-61(57)40-45)49-31-26-44(27-32-49)54-20-13-21-58-56-19-10-12-23-60(56)66-62(54)58/h3-40H,1-2H3. The first-order valence-corrected chi connectivity index (χ1v) is 22.5. The summed E-state index contributed by atoms with van der Waals surface area (Å²) in [7, 11) is 0. The molecule has 0 saturated carbocycles. The average Bonchev–Trinajstić information content (AvgIpc) is 3.94.